The van der Waals surface area contributed by atoms with Gasteiger partial charge < -0.3 is 4.74 Å². The number of methoxy groups -OCH3 is 1. The quantitative estimate of drug-likeness (QED) is 0.223. The van der Waals surface area contributed by atoms with Gasteiger partial charge in [-0.2, -0.15) is 0 Å². The van der Waals surface area contributed by atoms with Gasteiger partial charge in [-0.3, -0.25) is 9.59 Å². The first kappa shape index (κ1) is 19.4. The van der Waals surface area contributed by atoms with Gasteiger partial charge in [0.1, 0.15) is 0 Å². The normalized spacial score (nSPS) is 12.3. The van der Waals surface area contributed by atoms with Crippen LogP contribution in [0.2, 0.25) is 0 Å². The van der Waals surface area contributed by atoms with Crippen LogP contribution in [0, 0.1) is 6.92 Å². The highest BCUT2D eigenvalue weighted by molar-refractivity contribution is 6.42. The summed E-state index contributed by atoms with van der Waals surface area (Å²) >= 11 is 0. The summed E-state index contributed by atoms with van der Waals surface area (Å²) in [5.41, 5.74) is 2.19. The fourth-order valence-electron chi connectivity index (χ4n) is 6.01. The Labute approximate surface area is 194 Å². The maximum Gasteiger partial charge on any atom is 0.194 e. The molecule has 162 valence electrons. The van der Waals surface area contributed by atoms with E-state index in [0.29, 0.717) is 22.8 Å². The maximum atomic E-state index is 13.7. The molecule has 0 aromatic heterocycles. The van der Waals surface area contributed by atoms with E-state index < -0.39 is 0 Å². The van der Waals surface area contributed by atoms with E-state index in [1.54, 1.807) is 7.11 Å². The molecule has 7 aromatic rings. The van der Waals surface area contributed by atoms with Crippen molar-refractivity contribution in [1.82, 2.24) is 0 Å². The second-order valence-corrected chi connectivity index (χ2v) is 9.13. The van der Waals surface area contributed by atoms with Crippen molar-refractivity contribution in [3.05, 3.63) is 104 Å². The molecule has 7 rings (SSSR count). The molecule has 0 aliphatic rings. The highest BCUT2D eigenvalue weighted by Crippen LogP contribution is 2.46. The summed E-state index contributed by atoms with van der Waals surface area (Å²) in [6.07, 6.45) is 0. The SMILES string of the molecule is COCc1ccc2c(=O)c3ccccc3c3c2c1c1c(C)ccc2c(=O)c4ccccc4c3c21. The zero-order valence-corrected chi connectivity index (χ0v) is 18.9. The Kier molecular flexibility index (Phi) is 3.83. The predicted molar refractivity (Wildman–Crippen MR) is 142 cm³/mol. The van der Waals surface area contributed by atoms with Crippen molar-refractivity contribution >= 4 is 64.6 Å². The molecule has 0 fully saturated rings. The molecular formula is C31H20O3. The summed E-state index contributed by atoms with van der Waals surface area (Å²) in [6, 6.07) is 23.6. The molecule has 3 nitrogen and oxygen atoms in total. The molecule has 0 saturated carbocycles. The van der Waals surface area contributed by atoms with Crippen LogP contribution in [-0.2, 0) is 11.3 Å². The standard InChI is InChI=1S/C31H20O3/c1-16-11-13-22-28-24(16)25-17(15-34-2)12-14-23-29(25)27(19-8-4-6-10-21(19)31(23)33)26(28)18-7-3-5-9-20(18)30(22)32/h3-14H,15H2,1-2H3. The smallest absolute Gasteiger partial charge is 0.194 e. The number of rotatable bonds is 2. The van der Waals surface area contributed by atoms with Crippen molar-refractivity contribution in [1.29, 1.82) is 0 Å². The molecule has 0 aliphatic heterocycles. The molecule has 7 aromatic carbocycles. The molecule has 0 heterocycles. The third-order valence-electron chi connectivity index (χ3n) is 7.38. The first-order chi connectivity index (χ1) is 16.6. The molecule has 3 heteroatoms. The lowest BCUT2D eigenvalue weighted by atomic mass is 9.82. The Morgan fingerprint density at radius 3 is 1.56 bits per heavy atom. The third-order valence-corrected chi connectivity index (χ3v) is 7.38. The predicted octanol–water partition coefficient (Wildman–Crippen LogP) is 6.66. The van der Waals surface area contributed by atoms with Crippen LogP contribution >= 0.6 is 0 Å². The number of hydrogen-bond donors (Lipinski definition) is 0. The van der Waals surface area contributed by atoms with Crippen LogP contribution in [-0.4, -0.2) is 7.11 Å². The summed E-state index contributed by atoms with van der Waals surface area (Å²) in [6.45, 7) is 2.51. The molecular weight excluding hydrogens is 420 g/mol. The minimum atomic E-state index is 0.0394. The monoisotopic (exact) mass is 440 g/mol. The average molecular weight is 440 g/mol. The van der Waals surface area contributed by atoms with Gasteiger partial charge in [0.15, 0.2) is 10.9 Å². The van der Waals surface area contributed by atoms with Gasteiger partial charge in [-0.05, 0) is 50.4 Å². The number of aryl methyl sites for hydroxylation is 1. The molecule has 0 atom stereocenters. The third kappa shape index (κ3) is 2.25. The fourth-order valence-corrected chi connectivity index (χ4v) is 6.01. The van der Waals surface area contributed by atoms with E-state index in [1.807, 2.05) is 72.8 Å². The minimum absolute atomic E-state index is 0.0394. The van der Waals surface area contributed by atoms with Crippen LogP contribution in [0.1, 0.15) is 11.1 Å². The first-order valence-corrected chi connectivity index (χ1v) is 11.4. The van der Waals surface area contributed by atoms with Crippen LogP contribution < -0.4 is 10.9 Å². The Bertz CT molecular complexity index is 2070. The van der Waals surface area contributed by atoms with Gasteiger partial charge >= 0.3 is 0 Å². The number of ether oxygens (including phenoxy) is 1. The summed E-state index contributed by atoms with van der Waals surface area (Å²) in [7, 11) is 1.69. The van der Waals surface area contributed by atoms with E-state index in [4.69, 9.17) is 4.74 Å². The van der Waals surface area contributed by atoms with E-state index in [9.17, 15) is 9.59 Å². The minimum Gasteiger partial charge on any atom is -0.380 e. The maximum absolute atomic E-state index is 13.7. The van der Waals surface area contributed by atoms with E-state index in [1.165, 1.54) is 0 Å². The summed E-state index contributed by atoms with van der Waals surface area (Å²) < 4.78 is 5.58. The second kappa shape index (κ2) is 6.72. The molecule has 0 aliphatic carbocycles. The van der Waals surface area contributed by atoms with Crippen LogP contribution in [0.25, 0.3) is 64.6 Å². The fraction of sp³-hybridized carbons (Fsp3) is 0.0968. The lowest BCUT2D eigenvalue weighted by Gasteiger charge is -2.20. The first-order valence-electron chi connectivity index (χ1n) is 11.4. The molecule has 0 unspecified atom stereocenters. The van der Waals surface area contributed by atoms with Crippen molar-refractivity contribution in [3.63, 3.8) is 0 Å². The number of benzene rings is 7. The van der Waals surface area contributed by atoms with Gasteiger partial charge in [-0.1, -0.05) is 72.8 Å². The van der Waals surface area contributed by atoms with E-state index in [-0.39, 0.29) is 10.9 Å². The lowest BCUT2D eigenvalue weighted by molar-refractivity contribution is 0.186. The highest BCUT2D eigenvalue weighted by Gasteiger charge is 2.23. The Balaban J connectivity index is 2.03. The number of hydrogen-bond acceptors (Lipinski definition) is 3. The molecule has 34 heavy (non-hydrogen) atoms. The van der Waals surface area contributed by atoms with Gasteiger partial charge in [0.25, 0.3) is 0 Å². The average Bonchev–Trinajstić information content (AvgIpc) is 2.87. The molecule has 0 bridgehead atoms. The van der Waals surface area contributed by atoms with Crippen LogP contribution in [0.15, 0.2) is 82.4 Å². The van der Waals surface area contributed by atoms with Gasteiger partial charge in [-0.15, -0.1) is 0 Å². The molecule has 0 radical (unpaired) electrons. The van der Waals surface area contributed by atoms with E-state index in [0.717, 1.165) is 59.6 Å². The van der Waals surface area contributed by atoms with Crippen molar-refractivity contribution < 1.29 is 4.74 Å². The lowest BCUT2D eigenvalue weighted by Crippen LogP contribution is -2.08. The Morgan fingerprint density at radius 2 is 1.00 bits per heavy atom. The van der Waals surface area contributed by atoms with Crippen LogP contribution in [0.3, 0.4) is 0 Å². The molecule has 0 spiro atoms. The Morgan fingerprint density at radius 1 is 0.529 bits per heavy atom. The van der Waals surface area contributed by atoms with Gasteiger partial charge in [0.05, 0.1) is 6.61 Å². The zero-order chi connectivity index (χ0) is 23.1. The van der Waals surface area contributed by atoms with Crippen molar-refractivity contribution in [3.8, 4) is 0 Å². The van der Waals surface area contributed by atoms with Gasteiger partial charge in [-0.25, -0.2) is 0 Å². The van der Waals surface area contributed by atoms with Crippen LogP contribution in [0.5, 0.6) is 0 Å². The molecule has 0 amide bonds. The Hall–Kier alpha value is -4.08. The van der Waals surface area contributed by atoms with Crippen molar-refractivity contribution in [2.24, 2.45) is 0 Å². The summed E-state index contributed by atoms with van der Waals surface area (Å²) in [5.74, 6) is 0. The van der Waals surface area contributed by atoms with Gasteiger partial charge in [0, 0.05) is 39.4 Å². The van der Waals surface area contributed by atoms with Crippen molar-refractivity contribution in [2.45, 2.75) is 13.5 Å². The molecule has 0 N–H and O–H groups in total. The largest absolute Gasteiger partial charge is 0.380 e. The second-order valence-electron chi connectivity index (χ2n) is 9.13. The molecule has 0 saturated heterocycles. The zero-order valence-electron chi connectivity index (χ0n) is 18.9. The number of fused-ring (bicyclic) bond motifs is 6. The van der Waals surface area contributed by atoms with Crippen molar-refractivity contribution in [2.75, 3.05) is 7.11 Å². The summed E-state index contributed by atoms with van der Waals surface area (Å²) in [5, 5.41) is 10.8. The van der Waals surface area contributed by atoms with Gasteiger partial charge in [0.2, 0.25) is 0 Å². The highest BCUT2D eigenvalue weighted by atomic mass is 16.5. The topological polar surface area (TPSA) is 43.4 Å². The van der Waals surface area contributed by atoms with E-state index in [2.05, 4.69) is 6.92 Å². The van der Waals surface area contributed by atoms with E-state index >= 15 is 0 Å². The van der Waals surface area contributed by atoms with Crippen LogP contribution in [0.4, 0.5) is 0 Å². The summed E-state index contributed by atoms with van der Waals surface area (Å²) in [4.78, 5) is 27.3.